The lowest BCUT2D eigenvalue weighted by Crippen LogP contribution is -2.23. The van der Waals surface area contributed by atoms with E-state index in [1.165, 1.54) is 38.5 Å². The van der Waals surface area contributed by atoms with Crippen LogP contribution >= 0.6 is 0 Å². The number of rotatable bonds is 33. The van der Waals surface area contributed by atoms with E-state index in [2.05, 4.69) is 56.9 Å². The van der Waals surface area contributed by atoms with Gasteiger partial charge in [0.05, 0.1) is 19.3 Å². The Morgan fingerprint density at radius 2 is 0.789 bits per heavy atom. The summed E-state index contributed by atoms with van der Waals surface area (Å²) in [7, 11) is 0. The lowest BCUT2D eigenvalue weighted by molar-refractivity contribution is -0.191. The van der Waals surface area contributed by atoms with E-state index in [1.54, 1.807) is 0 Å². The summed E-state index contributed by atoms with van der Waals surface area (Å²) in [6.07, 6.45) is 15.8. The molecule has 0 aliphatic carbocycles. The van der Waals surface area contributed by atoms with Crippen LogP contribution in [0.15, 0.2) is 0 Å². The molecule has 14 nitrogen and oxygen atoms in total. The van der Waals surface area contributed by atoms with Gasteiger partial charge in [0, 0.05) is 72.6 Å². The SMILES string of the molecule is C.C.C.C.C.C.C.C.C.C.CCCCC.CCCCCOCOCC.CCCCOCOCC.CCCOC(=O)NCC.CCCOCC.CCNCCOCC.CCOCCCCC(O)CC.O=C=O. The van der Waals surface area contributed by atoms with Gasteiger partial charge in [-0.2, -0.15) is 9.59 Å². The summed E-state index contributed by atoms with van der Waals surface area (Å²) in [4.78, 5) is 26.7. The molecule has 1 atom stereocenters. The topological polar surface area (TPSA) is 169 Å². The molecule has 0 aromatic carbocycles. The maximum Gasteiger partial charge on any atom is 0.407 e. The normalized spacial score (nSPS) is 8.44. The summed E-state index contributed by atoms with van der Waals surface area (Å²) in [5.41, 5.74) is 0. The van der Waals surface area contributed by atoms with Crippen LogP contribution in [-0.2, 0) is 47.5 Å². The van der Waals surface area contributed by atoms with Crippen LogP contribution in [0.4, 0.5) is 4.79 Å². The number of carbonyl (C=O) groups excluding carboxylic acids is 3. The Bertz CT molecular complexity index is 655. The quantitative estimate of drug-likeness (QED) is 0.0420. The number of hydrogen-bond acceptors (Lipinski definition) is 13. The Hall–Kier alpha value is -1.71. The van der Waals surface area contributed by atoms with Crippen LogP contribution in [0, 0.1) is 0 Å². The van der Waals surface area contributed by atoms with Gasteiger partial charge in [-0.3, -0.25) is 0 Å². The second-order valence-electron chi connectivity index (χ2n) is 12.7. The predicted molar refractivity (Wildman–Crippen MR) is 321 cm³/mol. The van der Waals surface area contributed by atoms with Gasteiger partial charge in [-0.25, -0.2) is 4.79 Å². The fourth-order valence-electron chi connectivity index (χ4n) is 3.53. The molecule has 0 saturated heterocycles. The van der Waals surface area contributed by atoms with Crippen molar-refractivity contribution in [3.05, 3.63) is 0 Å². The third kappa shape index (κ3) is 216. The van der Waals surface area contributed by atoms with Crippen molar-refractivity contribution in [1.82, 2.24) is 10.6 Å². The molecule has 3 N–H and O–H groups in total. The molecule has 71 heavy (non-hydrogen) atoms. The Morgan fingerprint density at radius 1 is 0.423 bits per heavy atom. The van der Waals surface area contributed by atoms with E-state index < -0.39 is 0 Å². The maximum atomic E-state index is 10.5. The van der Waals surface area contributed by atoms with Crippen molar-refractivity contribution < 1.29 is 57.4 Å². The Kier molecular flexibility index (Phi) is 261. The molecule has 0 fully saturated rings. The number of unbranched alkanes of at least 4 members (excludes halogenated alkanes) is 6. The van der Waals surface area contributed by atoms with Crippen molar-refractivity contribution in [3.63, 3.8) is 0 Å². The van der Waals surface area contributed by atoms with Crippen molar-refractivity contribution >= 4 is 12.2 Å². The minimum absolute atomic E-state index is 0. The van der Waals surface area contributed by atoms with Gasteiger partial charge in [-0.05, 0) is 99.5 Å². The summed E-state index contributed by atoms with van der Waals surface area (Å²) in [6.45, 7) is 41.0. The lowest BCUT2D eigenvalue weighted by atomic mass is 10.1. The zero-order valence-corrected chi connectivity index (χ0v) is 42.7. The summed E-state index contributed by atoms with van der Waals surface area (Å²) < 4.78 is 40.1. The van der Waals surface area contributed by atoms with Crippen LogP contribution in [0.1, 0.15) is 261 Å². The second kappa shape index (κ2) is 151. The molecule has 0 aromatic heterocycles. The molecular weight excluding hydrogens is 905 g/mol. The first kappa shape index (κ1) is 123. The number of carbonyl (C=O) groups is 1. The van der Waals surface area contributed by atoms with Gasteiger partial charge in [0.1, 0.15) is 13.6 Å². The first-order valence-electron chi connectivity index (χ1n) is 23.9. The molecule has 0 bridgehead atoms. The van der Waals surface area contributed by atoms with Crippen molar-refractivity contribution in [2.75, 3.05) is 106 Å². The zero-order valence-electron chi connectivity index (χ0n) is 42.7. The molecule has 1 amide bonds. The third-order valence-electron chi connectivity index (χ3n) is 6.92. The average molecular weight is 1050 g/mol. The van der Waals surface area contributed by atoms with Crippen LogP contribution in [0.25, 0.3) is 0 Å². The van der Waals surface area contributed by atoms with Crippen LogP contribution < -0.4 is 10.6 Å². The molecule has 0 saturated carbocycles. The molecule has 0 aliphatic heterocycles. The van der Waals surface area contributed by atoms with Gasteiger partial charge in [-0.15, -0.1) is 0 Å². The van der Waals surface area contributed by atoms with E-state index in [0.717, 1.165) is 131 Å². The monoisotopic (exact) mass is 1050 g/mol. The summed E-state index contributed by atoms with van der Waals surface area (Å²) in [5.74, 6) is 0. The highest BCUT2D eigenvalue weighted by Gasteiger charge is 1.99. The fraction of sp³-hybridized carbons (Fsp3) is 0.965. The number of nitrogens with one attached hydrogen (secondary N) is 2. The second-order valence-corrected chi connectivity index (χ2v) is 12.7. The molecule has 14 heteroatoms. The highest BCUT2D eigenvalue weighted by atomic mass is 16.7. The van der Waals surface area contributed by atoms with Gasteiger partial charge >= 0.3 is 12.2 Å². The van der Waals surface area contributed by atoms with E-state index in [9.17, 15) is 9.90 Å². The molecule has 0 aliphatic rings. The first-order chi connectivity index (χ1) is 29.6. The van der Waals surface area contributed by atoms with Gasteiger partial charge in [0.2, 0.25) is 0 Å². The molecule has 0 rings (SSSR count). The smallest absolute Gasteiger partial charge is 0.407 e. The first-order valence-corrected chi connectivity index (χ1v) is 23.9. The van der Waals surface area contributed by atoms with Crippen molar-refractivity contribution in [2.24, 2.45) is 0 Å². The zero-order chi connectivity index (χ0) is 48.1. The number of likely N-dealkylation sites (N-methyl/N-ethyl adjacent to an activating group) is 1. The average Bonchev–Trinajstić information content (AvgIpc) is 3.27. The number of amides is 1. The summed E-state index contributed by atoms with van der Waals surface area (Å²) in [5, 5.41) is 14.9. The molecule has 0 spiro atoms. The largest absolute Gasteiger partial charge is 0.450 e. The number of aliphatic hydroxyl groups excluding tert-OH is 1. The molecular formula is C57H146N2O12. The molecule has 0 heterocycles. The Balaban J connectivity index is -0.0000000282. The van der Waals surface area contributed by atoms with E-state index in [0.29, 0.717) is 26.7 Å². The van der Waals surface area contributed by atoms with Gasteiger partial charge in [0.25, 0.3) is 0 Å². The number of aliphatic hydroxyl groups is 1. The lowest BCUT2D eigenvalue weighted by Gasteiger charge is -2.06. The maximum absolute atomic E-state index is 10.5. The van der Waals surface area contributed by atoms with Crippen molar-refractivity contribution in [2.45, 2.75) is 267 Å². The van der Waals surface area contributed by atoms with E-state index in [-0.39, 0.29) is 92.6 Å². The molecule has 456 valence electrons. The molecule has 0 aromatic rings. The summed E-state index contributed by atoms with van der Waals surface area (Å²) in [6, 6.07) is 0. The highest BCUT2D eigenvalue weighted by molar-refractivity contribution is 5.66. The Morgan fingerprint density at radius 3 is 1.11 bits per heavy atom. The standard InChI is InChI=1S/C9H20O2.C8H18O2.C7H16O2.C6H13NO2.C6H15NO.C5H12O.C5H12.CO2.10CH4/c1-3-9(10)7-5-6-8-11-4-2;1-3-5-6-7-10-8-9-4-2;1-3-5-6-9-7-8-4-2;1-3-5-9-6(8)7-4-2;1-3-7-5-6-8-4-2;1-3-5-6-4-2;1-3-5-4-2;2-1-3;;;;;;;;;;/h9-10H,3-8H2,1-2H3;3-8H2,1-2H3;3-7H2,1-2H3;3-5H2,1-2H3,(H,7,8);7H,3-6H2,1-2H3;3-5H2,1-2H3;3-5H2,1-2H3;;10*1H4. The number of hydrogen-bond donors (Lipinski definition) is 3. The van der Waals surface area contributed by atoms with Crippen LogP contribution in [0.3, 0.4) is 0 Å². The molecule has 1 unspecified atom stereocenters. The van der Waals surface area contributed by atoms with Gasteiger partial charge < -0.3 is 53.6 Å². The minimum Gasteiger partial charge on any atom is -0.450 e. The number of alkyl carbamates (subject to hydrolysis) is 1. The third-order valence-corrected chi connectivity index (χ3v) is 6.92. The van der Waals surface area contributed by atoms with Crippen LogP contribution in [-0.4, -0.2) is 129 Å². The van der Waals surface area contributed by atoms with Crippen LogP contribution in [0.5, 0.6) is 0 Å². The molecule has 0 radical (unpaired) electrons. The van der Waals surface area contributed by atoms with E-state index in [1.807, 2.05) is 55.4 Å². The highest BCUT2D eigenvalue weighted by Crippen LogP contribution is 2.03. The minimum atomic E-state index is -0.320. The Labute approximate surface area is 452 Å². The van der Waals surface area contributed by atoms with Crippen LogP contribution in [0.2, 0.25) is 0 Å². The van der Waals surface area contributed by atoms with Gasteiger partial charge in [0.15, 0.2) is 0 Å². The number of ether oxygens (including phenoxy) is 8. The van der Waals surface area contributed by atoms with Crippen molar-refractivity contribution in [1.29, 1.82) is 0 Å². The van der Waals surface area contributed by atoms with Crippen molar-refractivity contribution in [3.8, 4) is 0 Å². The summed E-state index contributed by atoms with van der Waals surface area (Å²) >= 11 is 0. The van der Waals surface area contributed by atoms with Gasteiger partial charge in [-0.1, -0.05) is 168 Å². The fourth-order valence-corrected chi connectivity index (χ4v) is 3.53. The predicted octanol–water partition coefficient (Wildman–Crippen LogP) is 17.1. The van der Waals surface area contributed by atoms with E-state index in [4.69, 9.17) is 42.7 Å². The van der Waals surface area contributed by atoms with E-state index >= 15 is 0 Å².